The molecule has 35 heavy (non-hydrogen) atoms. The van der Waals surface area contributed by atoms with Gasteiger partial charge in [-0.15, -0.1) is 0 Å². The highest BCUT2D eigenvalue weighted by Gasteiger charge is 2.33. The summed E-state index contributed by atoms with van der Waals surface area (Å²) in [5.74, 6) is -2.35. The summed E-state index contributed by atoms with van der Waals surface area (Å²) in [5, 5.41) is 26.0. The van der Waals surface area contributed by atoms with Crippen molar-refractivity contribution in [2.24, 2.45) is 0 Å². The number of methoxy groups -OCH3 is 2. The van der Waals surface area contributed by atoms with E-state index in [0.717, 1.165) is 5.56 Å². The van der Waals surface area contributed by atoms with Gasteiger partial charge in [0, 0.05) is 44.4 Å². The van der Waals surface area contributed by atoms with Crippen LogP contribution in [0.2, 0.25) is 0 Å². The van der Waals surface area contributed by atoms with Crippen LogP contribution in [0.4, 0.5) is 5.69 Å². The number of ether oxygens (including phenoxy) is 2. The van der Waals surface area contributed by atoms with Crippen molar-refractivity contribution in [3.63, 3.8) is 0 Å². The number of nitrogens with zero attached hydrogens (tertiary/aromatic N) is 3. The largest absolute Gasteiger partial charge is 0.493 e. The number of benzene rings is 2. The molecule has 1 aliphatic heterocycles. The number of nitro groups is 1. The molecule has 13 nitrogen and oxygen atoms in total. The Morgan fingerprint density at radius 1 is 0.971 bits per heavy atom. The summed E-state index contributed by atoms with van der Waals surface area (Å²) in [4.78, 5) is 30.6. The summed E-state index contributed by atoms with van der Waals surface area (Å²) in [6, 6.07) is 11.1. The topological polar surface area (TPSA) is 177 Å². The molecule has 0 atom stereocenters. The molecular formula is C21H25N3O10S. The third-order valence-corrected chi connectivity index (χ3v) is 7.02. The summed E-state index contributed by atoms with van der Waals surface area (Å²) in [6.45, 7) is 2.08. The Labute approximate surface area is 201 Å². The molecule has 14 heteroatoms. The Balaban J connectivity index is 0.000000641. The van der Waals surface area contributed by atoms with Gasteiger partial charge in [0.2, 0.25) is 10.0 Å². The van der Waals surface area contributed by atoms with Crippen LogP contribution in [0.1, 0.15) is 5.56 Å². The van der Waals surface area contributed by atoms with E-state index in [4.69, 9.17) is 29.3 Å². The molecule has 0 unspecified atom stereocenters. The van der Waals surface area contributed by atoms with E-state index in [9.17, 15) is 18.5 Å². The van der Waals surface area contributed by atoms with Gasteiger partial charge in [-0.1, -0.05) is 24.3 Å². The molecule has 0 bridgehead atoms. The van der Waals surface area contributed by atoms with Crippen molar-refractivity contribution in [2.45, 2.75) is 11.4 Å². The van der Waals surface area contributed by atoms with Crippen LogP contribution in [0.15, 0.2) is 47.4 Å². The van der Waals surface area contributed by atoms with Crippen molar-refractivity contribution in [3.05, 3.63) is 58.1 Å². The number of carboxylic acid groups (broad SMARTS) is 2. The van der Waals surface area contributed by atoms with E-state index in [1.165, 1.54) is 28.6 Å². The summed E-state index contributed by atoms with van der Waals surface area (Å²) in [7, 11) is -0.778. The second-order valence-electron chi connectivity index (χ2n) is 7.17. The minimum absolute atomic E-state index is 0.251. The molecule has 2 N–H and O–H groups in total. The molecule has 1 heterocycles. The first kappa shape index (κ1) is 27.5. The van der Waals surface area contributed by atoms with Crippen LogP contribution in [-0.4, -0.2) is 85.1 Å². The van der Waals surface area contributed by atoms with Gasteiger partial charge in [-0.25, -0.2) is 18.0 Å². The summed E-state index contributed by atoms with van der Waals surface area (Å²) >= 11 is 0. The maximum atomic E-state index is 12.9. The lowest BCUT2D eigenvalue weighted by atomic mass is 10.1. The molecule has 1 saturated heterocycles. The zero-order chi connectivity index (χ0) is 26.2. The monoisotopic (exact) mass is 511 g/mol. The molecule has 2 aromatic rings. The number of hydrogen-bond acceptors (Lipinski definition) is 9. The first-order valence-corrected chi connectivity index (χ1v) is 11.6. The molecule has 0 aromatic heterocycles. The van der Waals surface area contributed by atoms with Crippen LogP contribution >= 0.6 is 0 Å². The molecule has 0 aliphatic carbocycles. The third-order valence-electron chi connectivity index (χ3n) is 5.07. The number of para-hydroxylation sites is 2. The number of carboxylic acids is 2. The van der Waals surface area contributed by atoms with Crippen LogP contribution in [0.3, 0.4) is 0 Å². The minimum atomic E-state index is -3.94. The number of hydrogen-bond donors (Lipinski definition) is 2. The highest BCUT2D eigenvalue weighted by atomic mass is 32.2. The summed E-state index contributed by atoms with van der Waals surface area (Å²) in [5.41, 5.74) is 0.540. The quantitative estimate of drug-likeness (QED) is 0.311. The van der Waals surface area contributed by atoms with Crippen LogP contribution in [0.5, 0.6) is 11.5 Å². The maximum Gasteiger partial charge on any atom is 0.414 e. The van der Waals surface area contributed by atoms with E-state index in [2.05, 4.69) is 4.90 Å². The minimum Gasteiger partial charge on any atom is -0.493 e. The molecule has 190 valence electrons. The fraction of sp³-hybridized carbons (Fsp3) is 0.333. The van der Waals surface area contributed by atoms with Crippen LogP contribution in [0.25, 0.3) is 0 Å². The lowest BCUT2D eigenvalue weighted by molar-refractivity contribution is -0.387. The predicted molar refractivity (Wildman–Crippen MR) is 122 cm³/mol. The molecule has 0 amide bonds. The summed E-state index contributed by atoms with van der Waals surface area (Å²) < 4.78 is 37.9. The van der Waals surface area contributed by atoms with Gasteiger partial charge in [0.1, 0.15) is 0 Å². The van der Waals surface area contributed by atoms with Crippen LogP contribution < -0.4 is 9.47 Å². The third kappa shape index (κ3) is 6.88. The molecule has 1 aliphatic rings. The Kier molecular flexibility index (Phi) is 9.50. The maximum absolute atomic E-state index is 12.9. The van der Waals surface area contributed by atoms with Gasteiger partial charge >= 0.3 is 11.9 Å². The van der Waals surface area contributed by atoms with Gasteiger partial charge in [-0.2, -0.15) is 4.31 Å². The van der Waals surface area contributed by atoms with Crippen LogP contribution in [-0.2, 0) is 26.2 Å². The van der Waals surface area contributed by atoms with Gasteiger partial charge in [-0.05, 0) is 12.1 Å². The Hall–Kier alpha value is -3.75. The zero-order valence-electron chi connectivity index (χ0n) is 19.0. The van der Waals surface area contributed by atoms with Crippen molar-refractivity contribution < 1.29 is 42.6 Å². The van der Waals surface area contributed by atoms with E-state index in [-0.39, 0.29) is 18.0 Å². The molecule has 2 aromatic carbocycles. The highest BCUT2D eigenvalue weighted by molar-refractivity contribution is 7.89. The van der Waals surface area contributed by atoms with E-state index < -0.39 is 32.6 Å². The van der Waals surface area contributed by atoms with Crippen molar-refractivity contribution >= 4 is 27.6 Å². The lowest BCUT2D eigenvalue weighted by Gasteiger charge is -2.34. The van der Waals surface area contributed by atoms with Crippen molar-refractivity contribution in [2.75, 3.05) is 40.4 Å². The van der Waals surface area contributed by atoms with E-state index in [1.807, 2.05) is 18.2 Å². The average molecular weight is 512 g/mol. The Morgan fingerprint density at radius 3 is 2.09 bits per heavy atom. The first-order valence-electron chi connectivity index (χ1n) is 10.1. The number of piperazine rings is 1. The molecule has 0 spiro atoms. The van der Waals surface area contributed by atoms with Gasteiger partial charge in [0.15, 0.2) is 16.4 Å². The second-order valence-corrected chi connectivity index (χ2v) is 9.07. The molecule has 1 fully saturated rings. The van der Waals surface area contributed by atoms with Crippen molar-refractivity contribution in [3.8, 4) is 11.5 Å². The Morgan fingerprint density at radius 2 is 1.57 bits per heavy atom. The molecular weight excluding hydrogens is 486 g/mol. The highest BCUT2D eigenvalue weighted by Crippen LogP contribution is 2.32. The average Bonchev–Trinajstić information content (AvgIpc) is 2.84. The fourth-order valence-corrected chi connectivity index (χ4v) is 4.99. The van der Waals surface area contributed by atoms with Gasteiger partial charge < -0.3 is 19.7 Å². The number of nitro benzene ring substituents is 1. The number of aliphatic carboxylic acids is 2. The van der Waals surface area contributed by atoms with Crippen molar-refractivity contribution in [1.29, 1.82) is 0 Å². The van der Waals surface area contributed by atoms with E-state index in [1.54, 1.807) is 14.2 Å². The smallest absolute Gasteiger partial charge is 0.414 e. The summed E-state index contributed by atoms with van der Waals surface area (Å²) in [6.07, 6.45) is 0. The second kappa shape index (κ2) is 12.1. The normalized spacial score (nSPS) is 14.3. The van der Waals surface area contributed by atoms with Crippen LogP contribution in [0, 0.1) is 10.1 Å². The number of sulfonamides is 1. The number of rotatable bonds is 7. The van der Waals surface area contributed by atoms with Gasteiger partial charge in [0.25, 0.3) is 5.69 Å². The standard InChI is InChI=1S/C19H23N3O6S.C2H2O4/c1-27-17-8-5-6-15(19(17)28-2)14-20-10-12-21(13-11-20)29(25,26)18-9-4-3-7-16(18)22(23)24;3-1(4)2(5)6/h3-9H,10-14H2,1-2H3;(H,3,4)(H,5,6). The Bertz CT molecular complexity index is 1170. The molecule has 0 radical (unpaired) electrons. The predicted octanol–water partition coefficient (Wildman–Crippen LogP) is 1.27. The molecule has 0 saturated carbocycles. The van der Waals surface area contributed by atoms with Crippen molar-refractivity contribution in [1.82, 2.24) is 9.21 Å². The van der Waals surface area contributed by atoms with E-state index in [0.29, 0.717) is 31.1 Å². The number of carbonyl (C=O) groups is 2. The SMILES string of the molecule is COc1cccc(CN2CCN(S(=O)(=O)c3ccccc3[N+](=O)[O-])CC2)c1OC.O=C(O)C(=O)O. The first-order chi connectivity index (χ1) is 16.5. The zero-order valence-corrected chi connectivity index (χ0v) is 19.8. The molecule has 3 rings (SSSR count). The fourth-order valence-electron chi connectivity index (χ4n) is 3.41. The van der Waals surface area contributed by atoms with E-state index >= 15 is 0 Å². The van der Waals surface area contributed by atoms with Gasteiger partial charge in [0.05, 0.1) is 19.1 Å². The van der Waals surface area contributed by atoms with Gasteiger partial charge in [-0.3, -0.25) is 15.0 Å². The lowest BCUT2D eigenvalue weighted by Crippen LogP contribution is -2.48.